The Labute approximate surface area is 166 Å². The Balaban J connectivity index is 2.23. The van der Waals surface area contributed by atoms with E-state index in [0.717, 1.165) is 6.26 Å². The van der Waals surface area contributed by atoms with Gasteiger partial charge in [0.25, 0.3) is 0 Å². The molecular formula is C19H28N2O6S. The molecule has 156 valence electrons. The van der Waals surface area contributed by atoms with Crippen molar-refractivity contribution in [1.29, 1.82) is 0 Å². The number of sulfonamides is 1. The number of benzene rings is 1. The monoisotopic (exact) mass is 412 g/mol. The second-order valence-corrected chi connectivity index (χ2v) is 8.66. The fourth-order valence-electron chi connectivity index (χ4n) is 3.49. The zero-order valence-corrected chi connectivity index (χ0v) is 17.6. The maximum absolute atomic E-state index is 13.1. The molecule has 0 aromatic heterocycles. The van der Waals surface area contributed by atoms with Gasteiger partial charge in [-0.25, -0.2) is 8.42 Å². The van der Waals surface area contributed by atoms with Gasteiger partial charge in [0.15, 0.2) is 0 Å². The van der Waals surface area contributed by atoms with Crippen LogP contribution in [0.4, 0.5) is 5.69 Å². The van der Waals surface area contributed by atoms with E-state index in [4.69, 9.17) is 9.47 Å². The number of anilines is 1. The third kappa shape index (κ3) is 4.95. The normalized spacial score (nSPS) is 16.4. The molecule has 0 saturated carbocycles. The van der Waals surface area contributed by atoms with E-state index in [9.17, 15) is 18.0 Å². The van der Waals surface area contributed by atoms with Crippen molar-refractivity contribution in [3.05, 3.63) is 24.3 Å². The molecule has 1 aliphatic rings. The highest BCUT2D eigenvalue weighted by Crippen LogP contribution is 2.27. The third-order valence-electron chi connectivity index (χ3n) is 4.98. The summed E-state index contributed by atoms with van der Waals surface area (Å²) in [7, 11) is -0.809. The fraction of sp³-hybridized carbons (Fsp3) is 0.579. The quantitative estimate of drug-likeness (QED) is 0.632. The number of hydrogen-bond donors (Lipinski definition) is 0. The number of carbonyl (C=O) groups excluding carboxylic acids is 2. The van der Waals surface area contributed by atoms with Gasteiger partial charge in [-0.2, -0.15) is 0 Å². The SMILES string of the molecule is CC[C@@H](C(=O)N1CCC(C(=O)OC)CC1)N(c1ccc(OC)cc1)S(C)(=O)=O. The molecule has 2 rings (SSSR count). The maximum atomic E-state index is 13.1. The maximum Gasteiger partial charge on any atom is 0.308 e. The smallest absolute Gasteiger partial charge is 0.308 e. The van der Waals surface area contributed by atoms with Gasteiger partial charge in [-0.3, -0.25) is 13.9 Å². The summed E-state index contributed by atoms with van der Waals surface area (Å²) in [6.07, 6.45) is 2.44. The minimum Gasteiger partial charge on any atom is -0.497 e. The van der Waals surface area contributed by atoms with Crippen LogP contribution >= 0.6 is 0 Å². The molecule has 1 aliphatic heterocycles. The predicted molar refractivity (Wildman–Crippen MR) is 106 cm³/mol. The number of methoxy groups -OCH3 is 2. The molecule has 8 nitrogen and oxygen atoms in total. The molecule has 0 unspecified atom stereocenters. The first kappa shape index (κ1) is 22.0. The summed E-state index contributed by atoms with van der Waals surface area (Å²) in [5.74, 6) is -0.148. The number of piperidine rings is 1. The Morgan fingerprint density at radius 1 is 1.18 bits per heavy atom. The van der Waals surface area contributed by atoms with E-state index in [1.54, 1.807) is 36.1 Å². The summed E-state index contributed by atoms with van der Waals surface area (Å²) in [5.41, 5.74) is 0.410. The van der Waals surface area contributed by atoms with Gasteiger partial charge in [0.2, 0.25) is 15.9 Å². The molecule has 0 bridgehead atoms. The van der Waals surface area contributed by atoms with Crippen molar-refractivity contribution < 1.29 is 27.5 Å². The van der Waals surface area contributed by atoms with Crippen molar-refractivity contribution in [3.63, 3.8) is 0 Å². The first-order valence-corrected chi connectivity index (χ1v) is 11.1. The molecule has 0 aliphatic carbocycles. The summed E-state index contributed by atoms with van der Waals surface area (Å²) in [5, 5.41) is 0. The van der Waals surface area contributed by atoms with E-state index in [1.807, 2.05) is 0 Å². The van der Waals surface area contributed by atoms with Crippen molar-refractivity contribution in [1.82, 2.24) is 4.90 Å². The van der Waals surface area contributed by atoms with Gasteiger partial charge in [-0.15, -0.1) is 0 Å². The van der Waals surface area contributed by atoms with Gasteiger partial charge in [-0.1, -0.05) is 6.92 Å². The summed E-state index contributed by atoms with van der Waals surface area (Å²) < 4.78 is 36.1. The Hall–Kier alpha value is -2.29. The van der Waals surface area contributed by atoms with Crippen LogP contribution < -0.4 is 9.04 Å². The summed E-state index contributed by atoms with van der Waals surface area (Å²) in [6, 6.07) is 5.72. The highest BCUT2D eigenvalue weighted by Gasteiger charge is 2.36. The number of amides is 1. The zero-order valence-electron chi connectivity index (χ0n) is 16.8. The van der Waals surface area contributed by atoms with E-state index in [1.165, 1.54) is 18.5 Å². The van der Waals surface area contributed by atoms with Crippen molar-refractivity contribution in [2.24, 2.45) is 5.92 Å². The molecule has 0 radical (unpaired) electrons. The van der Waals surface area contributed by atoms with Crippen molar-refractivity contribution in [3.8, 4) is 5.75 Å². The molecule has 0 spiro atoms. The molecule has 1 amide bonds. The second-order valence-electron chi connectivity index (χ2n) is 6.80. The Kier molecular flexibility index (Phi) is 7.29. The Bertz CT molecular complexity index is 785. The van der Waals surface area contributed by atoms with Crippen molar-refractivity contribution in [2.75, 3.05) is 37.9 Å². The van der Waals surface area contributed by atoms with Gasteiger partial charge in [-0.05, 0) is 43.5 Å². The highest BCUT2D eigenvalue weighted by atomic mass is 32.2. The lowest BCUT2D eigenvalue weighted by atomic mass is 9.96. The lowest BCUT2D eigenvalue weighted by molar-refractivity contribution is -0.149. The first-order chi connectivity index (χ1) is 13.2. The number of likely N-dealkylation sites (tertiary alicyclic amines) is 1. The minimum atomic E-state index is -3.69. The van der Waals surface area contributed by atoms with E-state index in [-0.39, 0.29) is 17.8 Å². The largest absolute Gasteiger partial charge is 0.497 e. The van der Waals surface area contributed by atoms with Crippen LogP contribution in [0.1, 0.15) is 26.2 Å². The van der Waals surface area contributed by atoms with Crippen LogP contribution in [0.15, 0.2) is 24.3 Å². The van der Waals surface area contributed by atoms with E-state index in [2.05, 4.69) is 0 Å². The number of carbonyl (C=O) groups is 2. The zero-order chi connectivity index (χ0) is 20.9. The molecule has 1 fully saturated rings. The number of nitrogens with zero attached hydrogens (tertiary/aromatic N) is 2. The molecule has 1 aromatic rings. The van der Waals surface area contributed by atoms with E-state index < -0.39 is 16.1 Å². The van der Waals surface area contributed by atoms with Crippen molar-refractivity contribution >= 4 is 27.6 Å². The molecule has 1 atom stereocenters. The number of esters is 1. The molecule has 28 heavy (non-hydrogen) atoms. The average molecular weight is 413 g/mol. The van der Waals surface area contributed by atoms with Crippen LogP contribution in [0.2, 0.25) is 0 Å². The van der Waals surface area contributed by atoms with E-state index in [0.29, 0.717) is 43.8 Å². The lowest BCUT2D eigenvalue weighted by Crippen LogP contribution is -2.52. The molecule has 0 N–H and O–H groups in total. The standard InChI is InChI=1S/C19H28N2O6S/c1-5-17(18(22)20-12-10-14(11-13-20)19(23)27-3)21(28(4,24)25)15-6-8-16(26-2)9-7-15/h6-9,14,17H,5,10-13H2,1-4H3/t17-/m0/s1. The van der Waals surface area contributed by atoms with Crippen LogP contribution in [0.25, 0.3) is 0 Å². The molecule has 1 aromatic carbocycles. The predicted octanol–water partition coefficient (Wildman–Crippen LogP) is 1.65. The van der Waals surface area contributed by atoms with Crippen LogP contribution in [-0.2, 0) is 24.3 Å². The van der Waals surface area contributed by atoms with Crippen LogP contribution in [0, 0.1) is 5.92 Å². The third-order valence-corrected chi connectivity index (χ3v) is 6.16. The second kappa shape index (κ2) is 9.27. The lowest BCUT2D eigenvalue weighted by Gasteiger charge is -2.37. The Morgan fingerprint density at radius 2 is 1.75 bits per heavy atom. The molecule has 1 saturated heterocycles. The molecule has 9 heteroatoms. The van der Waals surface area contributed by atoms with Crippen LogP contribution in [0.5, 0.6) is 5.75 Å². The number of hydrogen-bond acceptors (Lipinski definition) is 6. The summed E-state index contributed by atoms with van der Waals surface area (Å²) in [6.45, 7) is 2.58. The van der Waals surface area contributed by atoms with E-state index >= 15 is 0 Å². The molecular weight excluding hydrogens is 384 g/mol. The minimum absolute atomic E-state index is 0.221. The Morgan fingerprint density at radius 3 is 2.18 bits per heavy atom. The highest BCUT2D eigenvalue weighted by molar-refractivity contribution is 7.92. The molecule has 1 heterocycles. The van der Waals surface area contributed by atoms with Crippen molar-refractivity contribution in [2.45, 2.75) is 32.2 Å². The first-order valence-electron chi connectivity index (χ1n) is 9.23. The summed E-state index contributed by atoms with van der Waals surface area (Å²) >= 11 is 0. The number of ether oxygens (including phenoxy) is 2. The van der Waals surface area contributed by atoms with Crippen LogP contribution in [-0.4, -0.2) is 64.8 Å². The van der Waals surface area contributed by atoms with Gasteiger partial charge >= 0.3 is 5.97 Å². The van der Waals surface area contributed by atoms with Crippen LogP contribution in [0.3, 0.4) is 0 Å². The topological polar surface area (TPSA) is 93.2 Å². The van der Waals surface area contributed by atoms with Gasteiger partial charge < -0.3 is 14.4 Å². The fourth-order valence-corrected chi connectivity index (χ4v) is 4.69. The van der Waals surface area contributed by atoms with Gasteiger partial charge in [0.1, 0.15) is 11.8 Å². The summed E-state index contributed by atoms with van der Waals surface area (Å²) in [4.78, 5) is 26.5. The van der Waals surface area contributed by atoms with Gasteiger partial charge in [0.05, 0.1) is 32.1 Å². The van der Waals surface area contributed by atoms with Gasteiger partial charge in [0, 0.05) is 13.1 Å². The number of rotatable bonds is 7. The average Bonchev–Trinajstić information content (AvgIpc) is 2.70.